The topological polar surface area (TPSA) is 69.6 Å². The van der Waals surface area contributed by atoms with Gasteiger partial charge in [-0.25, -0.2) is 15.0 Å². The number of aryl methyl sites for hydroxylation is 2. The van der Waals surface area contributed by atoms with Crippen molar-refractivity contribution in [1.29, 1.82) is 0 Å². The van der Waals surface area contributed by atoms with Gasteiger partial charge < -0.3 is 4.74 Å². The van der Waals surface area contributed by atoms with Gasteiger partial charge in [0.1, 0.15) is 28.3 Å². The molecule has 10 rings (SSSR count). The van der Waals surface area contributed by atoms with Gasteiger partial charge in [-0.15, -0.1) is 0 Å². The number of imidazole rings is 2. The predicted molar refractivity (Wildman–Crippen MR) is 181 cm³/mol. The van der Waals surface area contributed by atoms with Crippen LogP contribution in [0.2, 0.25) is 0 Å². The second-order valence-electron chi connectivity index (χ2n) is 11.7. The molecular weight excluding hydrogens is 556 g/mol. The number of fused-ring (bicyclic) bond motifs is 16. The molecule has 0 spiro atoms. The average molecular weight is 581 g/mol. The van der Waals surface area contributed by atoms with E-state index in [9.17, 15) is 0 Å². The smallest absolute Gasteiger partial charge is 0.165 e. The lowest BCUT2D eigenvalue weighted by Crippen LogP contribution is -1.96. The molecule has 5 heterocycles. The molecule has 0 amide bonds. The zero-order valence-electron chi connectivity index (χ0n) is 24.5. The van der Waals surface area contributed by atoms with E-state index in [1.807, 2.05) is 36.4 Å². The SMILES string of the molecule is Cc1cc2c3ccc(Oc4ccc5c(c4)c4nc6ccccc6n4c4nccnc54)cc3c3nc4ccccc4n3c2cc1C. The number of hydrogen-bond donors (Lipinski definition) is 0. The Morgan fingerprint density at radius 1 is 0.489 bits per heavy atom. The molecule has 0 saturated heterocycles. The molecular formula is C38H24N6O. The maximum atomic E-state index is 6.60. The minimum atomic E-state index is 0.718. The Balaban J connectivity index is 1.20. The summed E-state index contributed by atoms with van der Waals surface area (Å²) in [7, 11) is 0. The molecule has 0 fully saturated rings. The summed E-state index contributed by atoms with van der Waals surface area (Å²) in [6.07, 6.45) is 3.46. The minimum absolute atomic E-state index is 0.718. The normalized spacial score (nSPS) is 12.2. The third-order valence-corrected chi connectivity index (χ3v) is 9.11. The molecule has 5 aromatic carbocycles. The molecule has 0 aliphatic rings. The number of aromatic nitrogens is 6. The number of ether oxygens (including phenoxy) is 1. The molecule has 5 aromatic heterocycles. The molecule has 45 heavy (non-hydrogen) atoms. The maximum Gasteiger partial charge on any atom is 0.165 e. The van der Waals surface area contributed by atoms with Crippen molar-refractivity contribution in [3.05, 3.63) is 121 Å². The quantitative estimate of drug-likeness (QED) is 0.191. The van der Waals surface area contributed by atoms with Crippen molar-refractivity contribution in [2.75, 3.05) is 0 Å². The van der Waals surface area contributed by atoms with E-state index in [-0.39, 0.29) is 0 Å². The van der Waals surface area contributed by atoms with E-state index in [4.69, 9.17) is 24.7 Å². The van der Waals surface area contributed by atoms with Gasteiger partial charge in [-0.3, -0.25) is 13.8 Å². The first-order valence-electron chi connectivity index (χ1n) is 15.0. The van der Waals surface area contributed by atoms with Crippen LogP contribution in [0.25, 0.3) is 77.0 Å². The Hall–Kier alpha value is -6.08. The third-order valence-electron chi connectivity index (χ3n) is 9.11. The molecule has 0 N–H and O–H groups in total. The van der Waals surface area contributed by atoms with Gasteiger partial charge in [-0.05, 0) is 103 Å². The lowest BCUT2D eigenvalue weighted by atomic mass is 10.0. The van der Waals surface area contributed by atoms with Crippen LogP contribution < -0.4 is 4.74 Å². The van der Waals surface area contributed by atoms with Crippen molar-refractivity contribution in [3.63, 3.8) is 0 Å². The van der Waals surface area contributed by atoms with Crippen molar-refractivity contribution in [2.24, 2.45) is 0 Å². The second-order valence-corrected chi connectivity index (χ2v) is 11.7. The largest absolute Gasteiger partial charge is 0.457 e. The van der Waals surface area contributed by atoms with E-state index in [0.29, 0.717) is 0 Å². The first-order chi connectivity index (χ1) is 22.1. The zero-order valence-corrected chi connectivity index (χ0v) is 24.5. The summed E-state index contributed by atoms with van der Waals surface area (Å²) in [5.74, 6) is 1.46. The molecule has 0 aliphatic heterocycles. The Morgan fingerprint density at radius 2 is 1.09 bits per heavy atom. The van der Waals surface area contributed by atoms with Crippen molar-refractivity contribution in [3.8, 4) is 11.5 Å². The van der Waals surface area contributed by atoms with Crippen LogP contribution in [0, 0.1) is 13.8 Å². The molecule has 212 valence electrons. The van der Waals surface area contributed by atoms with E-state index in [1.54, 1.807) is 12.4 Å². The van der Waals surface area contributed by atoms with Crippen LogP contribution >= 0.6 is 0 Å². The maximum absolute atomic E-state index is 6.60. The Morgan fingerprint density at radius 3 is 1.84 bits per heavy atom. The minimum Gasteiger partial charge on any atom is -0.457 e. The molecule has 10 aromatic rings. The van der Waals surface area contributed by atoms with Gasteiger partial charge in [0.15, 0.2) is 5.65 Å². The van der Waals surface area contributed by atoms with Crippen LogP contribution in [-0.4, -0.2) is 28.7 Å². The van der Waals surface area contributed by atoms with Gasteiger partial charge in [-0.1, -0.05) is 24.3 Å². The van der Waals surface area contributed by atoms with Crippen LogP contribution in [0.4, 0.5) is 0 Å². The summed E-state index contributed by atoms with van der Waals surface area (Å²) >= 11 is 0. The van der Waals surface area contributed by atoms with Gasteiger partial charge >= 0.3 is 0 Å². The van der Waals surface area contributed by atoms with Crippen LogP contribution in [-0.2, 0) is 0 Å². The summed E-state index contributed by atoms with van der Waals surface area (Å²) in [4.78, 5) is 19.5. The molecule has 0 bridgehead atoms. The van der Waals surface area contributed by atoms with Crippen molar-refractivity contribution < 1.29 is 4.74 Å². The Bertz CT molecular complexity index is 2880. The van der Waals surface area contributed by atoms with Crippen LogP contribution in [0.1, 0.15) is 11.1 Å². The van der Waals surface area contributed by atoms with Crippen molar-refractivity contribution >= 4 is 77.0 Å². The first-order valence-corrected chi connectivity index (χ1v) is 15.0. The lowest BCUT2D eigenvalue weighted by molar-refractivity contribution is 0.484. The molecule has 7 heteroatoms. The van der Waals surface area contributed by atoms with Crippen LogP contribution in [0.5, 0.6) is 11.5 Å². The summed E-state index contributed by atoms with van der Waals surface area (Å²) in [5, 5.41) is 5.33. The van der Waals surface area contributed by atoms with E-state index in [0.717, 1.165) is 83.1 Å². The third kappa shape index (κ3) is 3.35. The molecule has 7 nitrogen and oxygen atoms in total. The number of benzene rings is 5. The van der Waals surface area contributed by atoms with Crippen molar-refractivity contribution in [2.45, 2.75) is 13.8 Å². The number of nitrogens with zero attached hydrogens (tertiary/aromatic N) is 6. The van der Waals surface area contributed by atoms with E-state index in [1.165, 1.54) is 16.5 Å². The monoisotopic (exact) mass is 580 g/mol. The predicted octanol–water partition coefficient (Wildman–Crippen LogP) is 9.10. The van der Waals surface area contributed by atoms with Crippen LogP contribution in [0.15, 0.2) is 109 Å². The molecule has 0 aliphatic carbocycles. The Labute approximate surface area is 256 Å². The Kier molecular flexibility index (Phi) is 4.73. The van der Waals surface area contributed by atoms with Gasteiger partial charge in [0, 0.05) is 33.9 Å². The van der Waals surface area contributed by atoms with E-state index >= 15 is 0 Å². The van der Waals surface area contributed by atoms with Gasteiger partial charge in [0.25, 0.3) is 0 Å². The highest BCUT2D eigenvalue weighted by Crippen LogP contribution is 2.38. The molecule has 0 saturated carbocycles. The fourth-order valence-electron chi connectivity index (χ4n) is 6.88. The number of pyridine rings is 2. The fraction of sp³-hybridized carbons (Fsp3) is 0.0526. The van der Waals surface area contributed by atoms with E-state index in [2.05, 4.69) is 83.3 Å². The summed E-state index contributed by atoms with van der Waals surface area (Å²) < 4.78 is 11.0. The van der Waals surface area contributed by atoms with Crippen molar-refractivity contribution in [1.82, 2.24) is 28.7 Å². The first kappa shape index (κ1) is 24.4. The number of hydrogen-bond acceptors (Lipinski definition) is 5. The lowest BCUT2D eigenvalue weighted by Gasteiger charge is -2.14. The number of para-hydroxylation sites is 4. The van der Waals surface area contributed by atoms with Gasteiger partial charge in [-0.2, -0.15) is 0 Å². The summed E-state index contributed by atoms with van der Waals surface area (Å²) in [5.41, 5.74) is 11.0. The van der Waals surface area contributed by atoms with Gasteiger partial charge in [0.2, 0.25) is 0 Å². The standard InChI is InChI=1S/C38H24N6O/c1-21-17-27-25-13-11-23(19-28(25)36-41-30-7-3-5-9-32(30)43(36)34(27)18-22(21)2)45-24-12-14-26-29(20-24)37-42-31-8-4-6-10-33(31)44(37)38-35(26)39-15-16-40-38/h3-20H,1-2H3. The molecule has 0 radical (unpaired) electrons. The second kappa shape index (κ2) is 8.74. The van der Waals surface area contributed by atoms with E-state index < -0.39 is 0 Å². The number of rotatable bonds is 2. The molecule has 0 atom stereocenters. The summed E-state index contributed by atoms with van der Waals surface area (Å²) in [6, 6.07) is 33.4. The summed E-state index contributed by atoms with van der Waals surface area (Å²) in [6.45, 7) is 4.34. The zero-order chi connectivity index (χ0) is 29.8. The van der Waals surface area contributed by atoms with Gasteiger partial charge in [0.05, 0.1) is 27.6 Å². The van der Waals surface area contributed by atoms with Crippen LogP contribution in [0.3, 0.4) is 0 Å². The fourth-order valence-corrected chi connectivity index (χ4v) is 6.88. The highest BCUT2D eigenvalue weighted by molar-refractivity contribution is 6.15. The average Bonchev–Trinajstić information content (AvgIpc) is 3.66. The highest BCUT2D eigenvalue weighted by Gasteiger charge is 2.18. The highest BCUT2D eigenvalue weighted by atomic mass is 16.5. The molecule has 0 unspecified atom stereocenters.